The van der Waals surface area contributed by atoms with Crippen LogP contribution in [0.15, 0.2) is 58.9 Å². The van der Waals surface area contributed by atoms with Crippen LogP contribution < -0.4 is 16.8 Å². The SMILES string of the molecule is Cc1cc(C2=CC(c3nnc(C(N)=O)o3)=C(N)NC2(Cl)c2ccc(F)cc2)ccn1. The van der Waals surface area contributed by atoms with Gasteiger partial charge in [-0.3, -0.25) is 9.78 Å². The predicted octanol–water partition coefficient (Wildman–Crippen LogP) is 2.42. The average Bonchev–Trinajstić information content (AvgIpc) is 3.19. The van der Waals surface area contributed by atoms with Crippen molar-refractivity contribution in [1.82, 2.24) is 20.5 Å². The van der Waals surface area contributed by atoms with Gasteiger partial charge >= 0.3 is 11.8 Å². The number of amides is 1. The molecule has 2 aromatic heterocycles. The number of benzene rings is 1. The Morgan fingerprint density at radius 2 is 1.97 bits per heavy atom. The van der Waals surface area contributed by atoms with Gasteiger partial charge in [0.1, 0.15) is 11.6 Å². The smallest absolute Gasteiger partial charge is 0.306 e. The number of pyridine rings is 1. The van der Waals surface area contributed by atoms with Crippen LogP contribution in [0.1, 0.15) is 33.4 Å². The van der Waals surface area contributed by atoms with Gasteiger partial charge < -0.3 is 21.2 Å². The molecule has 1 atom stereocenters. The van der Waals surface area contributed by atoms with Crippen LogP contribution in [0, 0.1) is 12.7 Å². The Hall–Kier alpha value is -3.72. The lowest BCUT2D eigenvalue weighted by Gasteiger charge is -2.36. The molecule has 3 heterocycles. The van der Waals surface area contributed by atoms with E-state index in [9.17, 15) is 9.18 Å². The van der Waals surface area contributed by atoms with Gasteiger partial charge in [0.05, 0.1) is 5.57 Å². The summed E-state index contributed by atoms with van der Waals surface area (Å²) in [5, 5.41) is 10.5. The Bertz CT molecular complexity index is 1200. The number of nitrogens with two attached hydrogens (primary N) is 2. The number of alkyl halides is 1. The largest absolute Gasteiger partial charge is 0.412 e. The number of hydrogen-bond acceptors (Lipinski definition) is 7. The second-order valence-corrected chi connectivity index (χ2v) is 7.21. The molecule has 0 bridgehead atoms. The molecule has 30 heavy (non-hydrogen) atoms. The maximum atomic E-state index is 13.5. The van der Waals surface area contributed by atoms with Gasteiger partial charge in [-0.05, 0) is 48.4 Å². The van der Waals surface area contributed by atoms with Crippen LogP contribution >= 0.6 is 11.6 Å². The Kier molecular flexibility index (Phi) is 4.75. The van der Waals surface area contributed by atoms with E-state index in [1.807, 2.05) is 13.0 Å². The zero-order chi connectivity index (χ0) is 21.5. The van der Waals surface area contributed by atoms with Crippen LogP contribution in [-0.4, -0.2) is 21.1 Å². The molecule has 1 aliphatic rings. The molecular formula is C20H16ClFN6O2. The third-order valence-corrected chi connectivity index (χ3v) is 5.09. The van der Waals surface area contributed by atoms with Gasteiger partial charge in [-0.25, -0.2) is 4.39 Å². The Morgan fingerprint density at radius 1 is 1.23 bits per heavy atom. The Morgan fingerprint density at radius 3 is 2.60 bits per heavy atom. The maximum Gasteiger partial charge on any atom is 0.306 e. The fraction of sp³-hybridized carbons (Fsp3) is 0.100. The van der Waals surface area contributed by atoms with Crippen molar-refractivity contribution in [2.24, 2.45) is 11.5 Å². The summed E-state index contributed by atoms with van der Waals surface area (Å²) in [6.07, 6.45) is 3.32. The van der Waals surface area contributed by atoms with Crippen LogP contribution in [0.5, 0.6) is 0 Å². The first-order valence-corrected chi connectivity index (χ1v) is 9.17. The molecule has 8 nitrogen and oxygen atoms in total. The van der Waals surface area contributed by atoms with Crippen molar-refractivity contribution in [1.29, 1.82) is 0 Å². The monoisotopic (exact) mass is 426 g/mol. The van der Waals surface area contributed by atoms with Crippen molar-refractivity contribution in [2.45, 2.75) is 11.9 Å². The number of allylic oxidation sites excluding steroid dienone is 2. The van der Waals surface area contributed by atoms with E-state index in [1.165, 1.54) is 12.1 Å². The fourth-order valence-electron chi connectivity index (χ4n) is 3.15. The van der Waals surface area contributed by atoms with Gasteiger partial charge in [0.2, 0.25) is 0 Å². The molecule has 0 saturated carbocycles. The highest BCUT2D eigenvalue weighted by molar-refractivity contribution is 6.31. The zero-order valence-electron chi connectivity index (χ0n) is 15.7. The minimum absolute atomic E-state index is 0.00472. The molecule has 1 aromatic carbocycles. The molecule has 5 N–H and O–H groups in total. The predicted molar refractivity (Wildman–Crippen MR) is 108 cm³/mol. The first kappa shape index (κ1) is 19.6. The molecule has 1 unspecified atom stereocenters. The van der Waals surface area contributed by atoms with E-state index >= 15 is 0 Å². The van der Waals surface area contributed by atoms with Gasteiger partial charge in [-0.1, -0.05) is 23.7 Å². The number of carbonyl (C=O) groups is 1. The quantitative estimate of drug-likeness (QED) is 0.431. The highest BCUT2D eigenvalue weighted by Gasteiger charge is 2.39. The molecule has 0 radical (unpaired) electrons. The summed E-state index contributed by atoms with van der Waals surface area (Å²) >= 11 is 7.03. The number of nitrogens with one attached hydrogen (secondary N) is 1. The van der Waals surface area contributed by atoms with Crippen molar-refractivity contribution < 1.29 is 13.6 Å². The van der Waals surface area contributed by atoms with Crippen LogP contribution in [0.25, 0.3) is 11.1 Å². The molecule has 0 fully saturated rings. The zero-order valence-corrected chi connectivity index (χ0v) is 16.4. The second kappa shape index (κ2) is 7.27. The number of hydrogen-bond donors (Lipinski definition) is 3. The summed E-state index contributed by atoms with van der Waals surface area (Å²) in [5.74, 6) is -1.47. The third-order valence-electron chi connectivity index (χ3n) is 4.57. The molecule has 1 amide bonds. The minimum Gasteiger partial charge on any atom is -0.412 e. The molecule has 0 saturated heterocycles. The highest BCUT2D eigenvalue weighted by atomic mass is 35.5. The summed E-state index contributed by atoms with van der Waals surface area (Å²) in [6, 6.07) is 9.37. The Balaban J connectivity index is 1.90. The summed E-state index contributed by atoms with van der Waals surface area (Å²) in [5.41, 5.74) is 14.4. The van der Waals surface area contributed by atoms with Crippen LogP contribution in [0.2, 0.25) is 0 Å². The van der Waals surface area contributed by atoms with Crippen molar-refractivity contribution in [3.05, 3.63) is 88.9 Å². The number of aryl methyl sites for hydroxylation is 1. The van der Waals surface area contributed by atoms with Gasteiger partial charge in [0.25, 0.3) is 5.89 Å². The van der Waals surface area contributed by atoms with E-state index in [0.717, 1.165) is 11.3 Å². The highest BCUT2D eigenvalue weighted by Crippen LogP contribution is 2.45. The van der Waals surface area contributed by atoms with Crippen molar-refractivity contribution in [2.75, 3.05) is 0 Å². The second-order valence-electron chi connectivity index (χ2n) is 6.64. The van der Waals surface area contributed by atoms with Gasteiger partial charge in [0.15, 0.2) is 5.00 Å². The summed E-state index contributed by atoms with van der Waals surface area (Å²) in [7, 11) is 0. The van der Waals surface area contributed by atoms with Crippen molar-refractivity contribution in [3.63, 3.8) is 0 Å². The van der Waals surface area contributed by atoms with E-state index in [0.29, 0.717) is 16.7 Å². The number of rotatable bonds is 4. The van der Waals surface area contributed by atoms with E-state index in [1.54, 1.807) is 30.5 Å². The van der Waals surface area contributed by atoms with Gasteiger partial charge in [0, 0.05) is 17.5 Å². The Labute approximate surface area is 175 Å². The lowest BCUT2D eigenvalue weighted by Crippen LogP contribution is -2.43. The van der Waals surface area contributed by atoms with Crippen molar-refractivity contribution in [3.8, 4) is 0 Å². The standard InChI is InChI=1S/C20H16ClFN6O2/c1-10-8-11(6-7-25-10)15-9-14(18-27-28-19(30-18)17(24)29)16(23)26-20(15,21)12-2-4-13(22)5-3-12/h2-9,26H,23H2,1H3,(H2,24,29). The molecule has 3 aromatic rings. The summed E-state index contributed by atoms with van der Waals surface area (Å²) < 4.78 is 18.8. The van der Waals surface area contributed by atoms with Gasteiger partial charge in [-0.15, -0.1) is 10.2 Å². The van der Waals surface area contributed by atoms with Crippen LogP contribution in [0.4, 0.5) is 4.39 Å². The van der Waals surface area contributed by atoms with E-state index < -0.39 is 16.7 Å². The minimum atomic E-state index is -1.32. The maximum absolute atomic E-state index is 13.5. The number of halogens is 2. The number of dihydropyridines is 1. The molecule has 152 valence electrons. The lowest BCUT2D eigenvalue weighted by molar-refractivity contribution is 0.0966. The summed E-state index contributed by atoms with van der Waals surface area (Å²) in [6.45, 7) is 1.84. The lowest BCUT2D eigenvalue weighted by atomic mass is 9.88. The first-order valence-electron chi connectivity index (χ1n) is 8.79. The molecule has 1 aliphatic heterocycles. The topological polar surface area (TPSA) is 133 Å². The number of aromatic nitrogens is 3. The molecule has 0 aliphatic carbocycles. The van der Waals surface area contributed by atoms with Crippen LogP contribution in [0.3, 0.4) is 0 Å². The van der Waals surface area contributed by atoms with Crippen molar-refractivity contribution >= 4 is 28.7 Å². The number of carbonyl (C=O) groups excluding carboxylic acids is 1. The molecule has 10 heteroatoms. The van der Waals surface area contributed by atoms with E-state index in [4.69, 9.17) is 27.5 Å². The third kappa shape index (κ3) is 3.39. The average molecular weight is 427 g/mol. The first-order chi connectivity index (χ1) is 14.3. The number of primary amides is 1. The molecule has 4 rings (SSSR count). The fourth-order valence-corrected chi connectivity index (χ4v) is 3.54. The molecular weight excluding hydrogens is 411 g/mol. The normalized spacial score (nSPS) is 18.7. The number of nitrogens with zero attached hydrogens (tertiary/aromatic N) is 3. The van der Waals surface area contributed by atoms with Gasteiger partial charge in [-0.2, -0.15) is 0 Å². The van der Waals surface area contributed by atoms with E-state index in [-0.39, 0.29) is 17.6 Å². The summed E-state index contributed by atoms with van der Waals surface area (Å²) in [4.78, 5) is 14.2. The van der Waals surface area contributed by atoms with Crippen LogP contribution in [-0.2, 0) is 5.00 Å². The van der Waals surface area contributed by atoms with E-state index in [2.05, 4.69) is 20.5 Å². The molecule has 0 spiro atoms.